The Bertz CT molecular complexity index is 887. The first-order chi connectivity index (χ1) is 12.5. The van der Waals surface area contributed by atoms with Crippen LogP contribution in [0.25, 0.3) is 6.08 Å². The fourth-order valence-corrected chi connectivity index (χ4v) is 3.15. The van der Waals surface area contributed by atoms with Crippen molar-refractivity contribution in [2.45, 2.75) is 6.42 Å². The second-order valence-electron chi connectivity index (χ2n) is 5.49. The lowest BCUT2D eigenvalue weighted by Crippen LogP contribution is -2.19. The second kappa shape index (κ2) is 7.88. The number of carbonyl (C=O) groups excluding carboxylic acids is 1. The summed E-state index contributed by atoms with van der Waals surface area (Å²) in [6.45, 7) is 0. The minimum absolute atomic E-state index is 0.0231. The summed E-state index contributed by atoms with van der Waals surface area (Å²) in [5.41, 5.74) is 2.25. The number of nitrogens with zero attached hydrogens (tertiary/aromatic N) is 1. The SMILES string of the molecule is COc1ccc(N=C2NC(=O)/C(=C/c3ccc(CC(=O)O)cc3)S2)cc1. The van der Waals surface area contributed by atoms with Crippen LogP contribution in [0.4, 0.5) is 5.69 Å². The number of carboxylic acid groups (broad SMARTS) is 1. The standard InChI is InChI=1S/C19H16N2O4S/c1-25-15-8-6-14(7-9-15)20-19-21-18(24)16(26-19)10-12-2-4-13(5-3-12)11-17(22)23/h2-10H,11H2,1H3,(H,22,23)(H,20,21,24)/b16-10-. The molecule has 1 heterocycles. The largest absolute Gasteiger partial charge is 0.497 e. The highest BCUT2D eigenvalue weighted by atomic mass is 32.2. The maximum absolute atomic E-state index is 12.1. The molecule has 1 aliphatic heterocycles. The van der Waals surface area contributed by atoms with Gasteiger partial charge in [0.05, 0.1) is 24.1 Å². The highest BCUT2D eigenvalue weighted by Gasteiger charge is 2.23. The summed E-state index contributed by atoms with van der Waals surface area (Å²) in [7, 11) is 1.60. The van der Waals surface area contributed by atoms with E-state index in [1.54, 1.807) is 61.7 Å². The van der Waals surface area contributed by atoms with Crippen molar-refractivity contribution in [2.24, 2.45) is 4.99 Å². The molecule has 3 rings (SSSR count). The summed E-state index contributed by atoms with van der Waals surface area (Å²) < 4.78 is 5.10. The van der Waals surface area contributed by atoms with Gasteiger partial charge in [-0.3, -0.25) is 9.59 Å². The molecule has 1 aliphatic rings. The minimum Gasteiger partial charge on any atom is -0.497 e. The molecule has 0 aliphatic carbocycles. The Hall–Kier alpha value is -3.06. The van der Waals surface area contributed by atoms with Gasteiger partial charge in [0.25, 0.3) is 5.91 Å². The lowest BCUT2D eigenvalue weighted by Gasteiger charge is -2.00. The van der Waals surface area contributed by atoms with Crippen LogP contribution in [0.5, 0.6) is 5.75 Å². The highest BCUT2D eigenvalue weighted by Crippen LogP contribution is 2.28. The van der Waals surface area contributed by atoms with Gasteiger partial charge in [-0.2, -0.15) is 0 Å². The molecule has 0 atom stereocenters. The van der Waals surface area contributed by atoms with E-state index in [1.807, 2.05) is 0 Å². The van der Waals surface area contributed by atoms with Crippen LogP contribution in [0.2, 0.25) is 0 Å². The van der Waals surface area contributed by atoms with E-state index in [0.29, 0.717) is 21.3 Å². The molecule has 1 amide bonds. The van der Waals surface area contributed by atoms with Gasteiger partial charge in [-0.1, -0.05) is 24.3 Å². The smallest absolute Gasteiger partial charge is 0.307 e. The predicted molar refractivity (Wildman–Crippen MR) is 102 cm³/mol. The molecule has 26 heavy (non-hydrogen) atoms. The summed E-state index contributed by atoms with van der Waals surface area (Å²) in [6, 6.07) is 14.3. The van der Waals surface area contributed by atoms with Gasteiger partial charge in [-0.25, -0.2) is 4.99 Å². The fraction of sp³-hybridized carbons (Fsp3) is 0.105. The van der Waals surface area contributed by atoms with E-state index in [4.69, 9.17) is 9.84 Å². The van der Waals surface area contributed by atoms with Crippen LogP contribution in [0.3, 0.4) is 0 Å². The van der Waals surface area contributed by atoms with E-state index < -0.39 is 5.97 Å². The summed E-state index contributed by atoms with van der Waals surface area (Å²) in [5.74, 6) is -0.345. The monoisotopic (exact) mass is 368 g/mol. The second-order valence-corrected chi connectivity index (χ2v) is 6.52. The van der Waals surface area contributed by atoms with Crippen molar-refractivity contribution in [1.29, 1.82) is 0 Å². The Balaban J connectivity index is 1.73. The Kier molecular flexibility index (Phi) is 5.38. The number of methoxy groups -OCH3 is 1. The number of rotatable bonds is 5. The number of carbonyl (C=O) groups is 2. The first-order valence-electron chi connectivity index (χ1n) is 7.78. The van der Waals surface area contributed by atoms with Crippen LogP contribution in [-0.2, 0) is 16.0 Å². The normalized spacial score (nSPS) is 16.7. The van der Waals surface area contributed by atoms with Gasteiger partial charge < -0.3 is 15.2 Å². The summed E-state index contributed by atoms with van der Waals surface area (Å²) >= 11 is 1.26. The molecule has 0 unspecified atom stereocenters. The molecule has 0 saturated carbocycles. The van der Waals surface area contributed by atoms with E-state index in [9.17, 15) is 9.59 Å². The number of carboxylic acids is 1. The van der Waals surface area contributed by atoms with Gasteiger partial charge in [-0.05, 0) is 53.2 Å². The number of hydrogen-bond acceptors (Lipinski definition) is 5. The van der Waals surface area contributed by atoms with Crippen LogP contribution >= 0.6 is 11.8 Å². The molecule has 0 aromatic heterocycles. The average molecular weight is 368 g/mol. The zero-order valence-corrected chi connectivity index (χ0v) is 14.7. The molecule has 2 aromatic carbocycles. The van der Waals surface area contributed by atoms with Gasteiger partial charge >= 0.3 is 5.97 Å². The molecule has 2 aromatic rings. The fourth-order valence-electron chi connectivity index (χ4n) is 2.31. The third-order valence-corrected chi connectivity index (χ3v) is 4.50. The Morgan fingerprint density at radius 1 is 1.19 bits per heavy atom. The summed E-state index contributed by atoms with van der Waals surface area (Å²) in [4.78, 5) is 27.8. The number of thioether (sulfide) groups is 1. The minimum atomic E-state index is -0.874. The van der Waals surface area contributed by atoms with Crippen molar-refractivity contribution in [2.75, 3.05) is 7.11 Å². The number of aliphatic imine (C=N–C) groups is 1. The van der Waals surface area contributed by atoms with Crippen molar-refractivity contribution in [1.82, 2.24) is 5.32 Å². The van der Waals surface area contributed by atoms with Crippen LogP contribution in [0.1, 0.15) is 11.1 Å². The van der Waals surface area contributed by atoms with Crippen LogP contribution in [0.15, 0.2) is 58.4 Å². The zero-order valence-electron chi connectivity index (χ0n) is 13.9. The van der Waals surface area contributed by atoms with E-state index >= 15 is 0 Å². The Morgan fingerprint density at radius 3 is 2.50 bits per heavy atom. The molecule has 0 radical (unpaired) electrons. The van der Waals surface area contributed by atoms with Crippen LogP contribution in [0, 0.1) is 0 Å². The van der Waals surface area contributed by atoms with E-state index in [2.05, 4.69) is 10.3 Å². The lowest BCUT2D eigenvalue weighted by molar-refractivity contribution is -0.136. The number of aliphatic carboxylic acids is 1. The van der Waals surface area contributed by atoms with Gasteiger partial charge in [0.2, 0.25) is 0 Å². The van der Waals surface area contributed by atoms with E-state index in [0.717, 1.165) is 11.3 Å². The molecular weight excluding hydrogens is 352 g/mol. The maximum atomic E-state index is 12.1. The van der Waals surface area contributed by atoms with Crippen molar-refractivity contribution < 1.29 is 19.4 Å². The maximum Gasteiger partial charge on any atom is 0.307 e. The Morgan fingerprint density at radius 2 is 1.88 bits per heavy atom. The summed E-state index contributed by atoms with van der Waals surface area (Å²) in [6.07, 6.45) is 1.73. The molecule has 6 nitrogen and oxygen atoms in total. The molecule has 1 fully saturated rings. The van der Waals surface area contributed by atoms with E-state index in [-0.39, 0.29) is 12.3 Å². The number of amides is 1. The molecule has 0 spiro atoms. The first kappa shape index (κ1) is 17.8. The van der Waals surface area contributed by atoms with Gasteiger partial charge in [0, 0.05) is 0 Å². The van der Waals surface area contributed by atoms with Gasteiger partial charge in [0.1, 0.15) is 5.75 Å². The third kappa shape index (κ3) is 4.52. The number of benzene rings is 2. The summed E-state index contributed by atoms with van der Waals surface area (Å²) in [5, 5.41) is 12.0. The lowest BCUT2D eigenvalue weighted by atomic mass is 10.1. The molecular formula is C19H16N2O4S. The van der Waals surface area contributed by atoms with Crippen LogP contribution < -0.4 is 10.1 Å². The Labute approximate surface area is 154 Å². The van der Waals surface area contributed by atoms with Crippen LogP contribution in [-0.4, -0.2) is 29.3 Å². The number of nitrogens with one attached hydrogen (secondary N) is 1. The molecule has 7 heteroatoms. The average Bonchev–Trinajstić information content (AvgIpc) is 2.96. The molecule has 132 valence electrons. The van der Waals surface area contributed by atoms with Crippen molar-refractivity contribution in [3.8, 4) is 5.75 Å². The van der Waals surface area contributed by atoms with Crippen molar-refractivity contribution >= 4 is 40.6 Å². The van der Waals surface area contributed by atoms with E-state index in [1.165, 1.54) is 11.8 Å². The highest BCUT2D eigenvalue weighted by molar-refractivity contribution is 8.18. The molecule has 0 bridgehead atoms. The molecule has 2 N–H and O–H groups in total. The molecule has 1 saturated heterocycles. The quantitative estimate of drug-likeness (QED) is 0.791. The van der Waals surface area contributed by atoms with Crippen molar-refractivity contribution in [3.05, 3.63) is 64.6 Å². The van der Waals surface area contributed by atoms with Gasteiger partial charge in [0.15, 0.2) is 5.17 Å². The number of hydrogen-bond donors (Lipinski definition) is 2. The number of ether oxygens (including phenoxy) is 1. The van der Waals surface area contributed by atoms with Crippen molar-refractivity contribution in [3.63, 3.8) is 0 Å². The van der Waals surface area contributed by atoms with Gasteiger partial charge in [-0.15, -0.1) is 0 Å². The first-order valence-corrected chi connectivity index (χ1v) is 8.59. The number of amidine groups is 1. The predicted octanol–water partition coefficient (Wildman–Crippen LogP) is 3.21. The topological polar surface area (TPSA) is 88.0 Å². The third-order valence-electron chi connectivity index (χ3n) is 3.59. The zero-order chi connectivity index (χ0) is 18.5.